The fraction of sp³-hybridized carbons (Fsp3) is 0.471. The van der Waals surface area contributed by atoms with Gasteiger partial charge in [0, 0.05) is 17.9 Å². The predicted octanol–water partition coefficient (Wildman–Crippen LogP) is 3.90. The molecule has 4 nitrogen and oxygen atoms in total. The fourth-order valence-corrected chi connectivity index (χ4v) is 2.96. The van der Waals surface area contributed by atoms with Gasteiger partial charge in [-0.3, -0.25) is 4.68 Å². The van der Waals surface area contributed by atoms with E-state index in [1.165, 1.54) is 10.7 Å². The highest BCUT2D eigenvalue weighted by Crippen LogP contribution is 2.37. The maximum Gasteiger partial charge on any atom is 0.498 e. The van der Waals surface area contributed by atoms with E-state index >= 15 is 0 Å². The van der Waals surface area contributed by atoms with E-state index in [1.807, 2.05) is 27.7 Å². The normalized spacial score (nSPS) is 19.2. The number of benzene rings is 1. The molecule has 2 heterocycles. The molecule has 26 heavy (non-hydrogen) atoms. The molecule has 2 aromatic rings. The van der Waals surface area contributed by atoms with Gasteiger partial charge in [-0.25, -0.2) is 0 Å². The lowest BCUT2D eigenvalue weighted by Crippen LogP contribution is -2.41. The highest BCUT2D eigenvalue weighted by molar-refractivity contribution is 6.62. The van der Waals surface area contributed by atoms with Crippen molar-refractivity contribution in [2.45, 2.75) is 51.6 Å². The van der Waals surface area contributed by atoms with E-state index < -0.39 is 30.1 Å². The van der Waals surface area contributed by atoms with Gasteiger partial charge in [0.05, 0.1) is 28.3 Å². The van der Waals surface area contributed by atoms with Crippen LogP contribution in [0.2, 0.25) is 5.02 Å². The Bertz CT molecular complexity index is 805. The summed E-state index contributed by atoms with van der Waals surface area (Å²) in [4.78, 5) is 0. The molecule has 1 aliphatic heterocycles. The van der Waals surface area contributed by atoms with E-state index in [4.69, 9.17) is 20.9 Å². The van der Waals surface area contributed by atoms with E-state index in [9.17, 15) is 13.2 Å². The van der Waals surface area contributed by atoms with E-state index in [2.05, 4.69) is 5.10 Å². The SMILES string of the molecule is CC1(C)OB(c2cnn(Cc3cccc(C(F)(F)F)c3Cl)c2)OC1(C)C. The largest absolute Gasteiger partial charge is 0.498 e. The van der Waals surface area contributed by atoms with Crippen molar-refractivity contribution in [3.8, 4) is 0 Å². The van der Waals surface area contributed by atoms with Crippen molar-refractivity contribution in [3.63, 3.8) is 0 Å². The minimum Gasteiger partial charge on any atom is -0.399 e. The quantitative estimate of drug-likeness (QED) is 0.751. The standard InChI is InChI=1S/C17H19BClF3N2O2/c1-15(2)16(3,4)26-18(25-15)12-8-23-24(10-12)9-11-6-5-7-13(14(11)19)17(20,21)22/h5-8,10H,9H2,1-4H3. The first-order valence-corrected chi connectivity index (χ1v) is 8.51. The Morgan fingerprint density at radius 3 is 2.35 bits per heavy atom. The summed E-state index contributed by atoms with van der Waals surface area (Å²) >= 11 is 5.94. The molecule has 0 saturated carbocycles. The first kappa shape index (κ1) is 19.3. The Balaban J connectivity index is 1.81. The van der Waals surface area contributed by atoms with Crippen molar-refractivity contribution < 1.29 is 22.5 Å². The summed E-state index contributed by atoms with van der Waals surface area (Å²) in [5.41, 5.74) is -0.777. The zero-order valence-corrected chi connectivity index (χ0v) is 15.6. The lowest BCUT2D eigenvalue weighted by molar-refractivity contribution is -0.137. The third-order valence-electron chi connectivity index (χ3n) is 4.90. The molecular formula is C17H19BClF3N2O2. The average Bonchev–Trinajstić information content (AvgIpc) is 3.03. The number of nitrogens with zero attached hydrogens (tertiary/aromatic N) is 2. The van der Waals surface area contributed by atoms with Crippen molar-refractivity contribution >= 4 is 24.2 Å². The third kappa shape index (κ3) is 3.50. The Hall–Kier alpha value is -1.51. The summed E-state index contributed by atoms with van der Waals surface area (Å²) < 4.78 is 52.4. The number of aromatic nitrogens is 2. The van der Waals surface area contributed by atoms with Gasteiger partial charge in [-0.15, -0.1) is 0 Å². The molecule has 9 heteroatoms. The monoisotopic (exact) mass is 386 g/mol. The van der Waals surface area contributed by atoms with Crippen molar-refractivity contribution in [2.75, 3.05) is 0 Å². The van der Waals surface area contributed by atoms with Crippen molar-refractivity contribution in [1.29, 1.82) is 0 Å². The van der Waals surface area contributed by atoms with E-state index in [-0.39, 0.29) is 11.6 Å². The van der Waals surface area contributed by atoms with Gasteiger partial charge in [0.25, 0.3) is 0 Å². The number of hydrogen-bond acceptors (Lipinski definition) is 3. The summed E-state index contributed by atoms with van der Waals surface area (Å²) in [6.45, 7) is 7.89. The van der Waals surface area contributed by atoms with E-state index in [0.717, 1.165) is 6.07 Å². The lowest BCUT2D eigenvalue weighted by atomic mass is 9.82. The lowest BCUT2D eigenvalue weighted by Gasteiger charge is -2.32. The van der Waals surface area contributed by atoms with Crippen LogP contribution in [0.4, 0.5) is 13.2 Å². The predicted molar refractivity (Wildman–Crippen MR) is 93.5 cm³/mol. The highest BCUT2D eigenvalue weighted by atomic mass is 35.5. The Kier molecular flexibility index (Phi) is 4.66. The van der Waals surface area contributed by atoms with Gasteiger partial charge in [-0.05, 0) is 39.3 Å². The first-order valence-electron chi connectivity index (χ1n) is 8.13. The van der Waals surface area contributed by atoms with Crippen LogP contribution < -0.4 is 5.46 Å². The zero-order valence-electron chi connectivity index (χ0n) is 14.9. The topological polar surface area (TPSA) is 36.3 Å². The minimum absolute atomic E-state index is 0.113. The van der Waals surface area contributed by atoms with Gasteiger partial charge in [-0.1, -0.05) is 23.7 Å². The second-order valence-electron chi connectivity index (χ2n) is 7.34. The van der Waals surface area contributed by atoms with Gasteiger partial charge in [0.2, 0.25) is 0 Å². The van der Waals surface area contributed by atoms with Crippen LogP contribution in [0.1, 0.15) is 38.8 Å². The molecule has 0 aliphatic carbocycles. The number of halogens is 4. The van der Waals surface area contributed by atoms with Crippen molar-refractivity contribution in [3.05, 3.63) is 46.7 Å². The Morgan fingerprint density at radius 2 is 1.77 bits per heavy atom. The number of alkyl halides is 3. The average molecular weight is 387 g/mol. The molecule has 140 valence electrons. The molecule has 1 saturated heterocycles. The maximum atomic E-state index is 13.0. The van der Waals surface area contributed by atoms with Crippen molar-refractivity contribution in [1.82, 2.24) is 9.78 Å². The van der Waals surface area contributed by atoms with Crippen LogP contribution in [-0.2, 0) is 22.0 Å². The third-order valence-corrected chi connectivity index (χ3v) is 5.34. The molecule has 0 spiro atoms. The van der Waals surface area contributed by atoms with Crippen LogP contribution in [0.5, 0.6) is 0 Å². The van der Waals surface area contributed by atoms with Gasteiger partial charge < -0.3 is 9.31 Å². The molecule has 1 aromatic carbocycles. The van der Waals surface area contributed by atoms with Gasteiger partial charge in [0.1, 0.15) is 0 Å². The van der Waals surface area contributed by atoms with Crippen LogP contribution in [0.15, 0.2) is 30.6 Å². The highest BCUT2D eigenvalue weighted by Gasteiger charge is 2.52. The number of rotatable bonds is 3. The fourth-order valence-electron chi connectivity index (χ4n) is 2.66. The van der Waals surface area contributed by atoms with E-state index in [1.54, 1.807) is 18.5 Å². The molecule has 0 bridgehead atoms. The van der Waals surface area contributed by atoms with Crippen LogP contribution in [0.25, 0.3) is 0 Å². The zero-order chi connectivity index (χ0) is 19.3. The van der Waals surface area contributed by atoms with Crippen LogP contribution in [0, 0.1) is 0 Å². The summed E-state index contributed by atoms with van der Waals surface area (Å²) in [5, 5.41) is 3.89. The molecule has 3 rings (SSSR count). The molecule has 0 atom stereocenters. The second-order valence-corrected chi connectivity index (χ2v) is 7.71. The minimum atomic E-state index is -4.49. The molecule has 1 aliphatic rings. The molecule has 1 fully saturated rings. The first-order chi connectivity index (χ1) is 11.9. The van der Waals surface area contributed by atoms with Crippen LogP contribution in [0.3, 0.4) is 0 Å². The second kappa shape index (κ2) is 6.28. The summed E-state index contributed by atoms with van der Waals surface area (Å²) in [6.07, 6.45) is -1.21. The van der Waals surface area contributed by atoms with Crippen LogP contribution >= 0.6 is 11.6 Å². The molecule has 0 unspecified atom stereocenters. The molecule has 0 N–H and O–H groups in total. The van der Waals surface area contributed by atoms with Crippen molar-refractivity contribution in [2.24, 2.45) is 0 Å². The number of hydrogen-bond donors (Lipinski definition) is 0. The maximum absolute atomic E-state index is 13.0. The van der Waals surface area contributed by atoms with Gasteiger partial charge >= 0.3 is 13.3 Å². The Labute approximate surface area is 155 Å². The van der Waals surface area contributed by atoms with Gasteiger partial charge in [0.15, 0.2) is 0 Å². The Morgan fingerprint density at radius 1 is 1.15 bits per heavy atom. The summed E-state index contributed by atoms with van der Waals surface area (Å²) in [5.74, 6) is 0. The molecule has 0 radical (unpaired) electrons. The van der Waals surface area contributed by atoms with E-state index in [0.29, 0.717) is 11.0 Å². The smallest absolute Gasteiger partial charge is 0.399 e. The molecular weight excluding hydrogens is 367 g/mol. The van der Waals surface area contributed by atoms with Crippen LogP contribution in [-0.4, -0.2) is 28.1 Å². The molecule has 0 amide bonds. The summed E-state index contributed by atoms with van der Waals surface area (Å²) in [6, 6.07) is 3.85. The van der Waals surface area contributed by atoms with Gasteiger partial charge in [-0.2, -0.15) is 18.3 Å². The summed E-state index contributed by atoms with van der Waals surface area (Å²) in [7, 11) is -0.578. The molecule has 1 aromatic heterocycles.